The second-order valence-electron chi connectivity index (χ2n) is 7.56. The van der Waals surface area contributed by atoms with Gasteiger partial charge in [0, 0.05) is 38.0 Å². The summed E-state index contributed by atoms with van der Waals surface area (Å²) in [4.78, 5) is 16.8. The third-order valence-corrected chi connectivity index (χ3v) is 5.39. The van der Waals surface area contributed by atoms with Crippen LogP contribution >= 0.6 is 11.6 Å². The van der Waals surface area contributed by atoms with Crippen molar-refractivity contribution in [2.75, 3.05) is 11.9 Å². The summed E-state index contributed by atoms with van der Waals surface area (Å²) in [5.74, 6) is 0.760. The van der Waals surface area contributed by atoms with Gasteiger partial charge in [0.15, 0.2) is 0 Å². The second-order valence-corrected chi connectivity index (χ2v) is 7.99. The number of anilines is 1. The van der Waals surface area contributed by atoms with Crippen LogP contribution in [0, 0.1) is 12.8 Å². The maximum atomic E-state index is 12.4. The Balaban J connectivity index is 1.66. The fourth-order valence-corrected chi connectivity index (χ4v) is 3.22. The van der Waals surface area contributed by atoms with Gasteiger partial charge in [-0.3, -0.25) is 14.5 Å². The van der Waals surface area contributed by atoms with E-state index >= 15 is 0 Å². The Labute approximate surface area is 180 Å². The summed E-state index contributed by atoms with van der Waals surface area (Å²) in [6, 6.07) is 7.38. The van der Waals surface area contributed by atoms with Crippen LogP contribution in [0.2, 0.25) is 5.02 Å². The predicted molar refractivity (Wildman–Crippen MR) is 117 cm³/mol. The van der Waals surface area contributed by atoms with Crippen LogP contribution in [-0.2, 0) is 20.6 Å². The molecule has 0 aromatic carbocycles. The maximum absolute atomic E-state index is 12.4. The van der Waals surface area contributed by atoms with Gasteiger partial charge in [-0.05, 0) is 31.0 Å². The highest BCUT2D eigenvalue weighted by atomic mass is 35.5. The van der Waals surface area contributed by atoms with Gasteiger partial charge in [-0.15, -0.1) is 5.10 Å². The summed E-state index contributed by atoms with van der Waals surface area (Å²) in [6.07, 6.45) is 1.65. The Morgan fingerprint density at radius 2 is 1.93 bits per heavy atom. The number of rotatable bonds is 8. The largest absolute Gasteiger partial charge is 0.476 e. The molecule has 3 rings (SSSR count). The van der Waals surface area contributed by atoms with Gasteiger partial charge in [0.25, 0.3) is 5.56 Å². The number of hydrogen-bond acceptors (Lipinski definition) is 6. The molecule has 0 fully saturated rings. The molecular weight excluding hydrogens is 404 g/mol. The summed E-state index contributed by atoms with van der Waals surface area (Å²) in [7, 11) is 3.49. The fourth-order valence-electron chi connectivity index (χ4n) is 3.10. The van der Waals surface area contributed by atoms with Gasteiger partial charge in [-0.2, -0.15) is 5.10 Å². The van der Waals surface area contributed by atoms with E-state index in [0.717, 1.165) is 17.1 Å². The average molecular weight is 431 g/mol. The molecule has 0 aliphatic heterocycles. The van der Waals surface area contributed by atoms with Crippen molar-refractivity contribution < 1.29 is 4.74 Å². The van der Waals surface area contributed by atoms with Gasteiger partial charge in [-0.1, -0.05) is 25.4 Å². The maximum Gasteiger partial charge on any atom is 0.290 e. The molecule has 3 aromatic heterocycles. The van der Waals surface area contributed by atoms with E-state index in [1.165, 1.54) is 4.68 Å². The molecule has 0 saturated carbocycles. The molecule has 0 aliphatic rings. The van der Waals surface area contributed by atoms with Gasteiger partial charge >= 0.3 is 0 Å². The van der Waals surface area contributed by atoms with Crippen LogP contribution in [0.1, 0.15) is 36.8 Å². The van der Waals surface area contributed by atoms with Gasteiger partial charge in [0.2, 0.25) is 5.88 Å². The molecule has 8 nitrogen and oxygen atoms in total. The lowest BCUT2D eigenvalue weighted by atomic mass is 9.93. The second kappa shape index (κ2) is 9.30. The lowest BCUT2D eigenvalue weighted by Crippen LogP contribution is -2.25. The van der Waals surface area contributed by atoms with Crippen molar-refractivity contribution in [2.45, 2.75) is 33.2 Å². The molecule has 1 unspecified atom stereocenters. The predicted octanol–water partition coefficient (Wildman–Crippen LogP) is 3.30. The minimum atomic E-state index is -0.215. The number of aromatic nitrogens is 5. The zero-order chi connectivity index (χ0) is 21.8. The Hall–Kier alpha value is -2.87. The van der Waals surface area contributed by atoms with E-state index < -0.39 is 0 Å². The van der Waals surface area contributed by atoms with Crippen LogP contribution < -0.4 is 15.6 Å². The first-order valence-electron chi connectivity index (χ1n) is 9.80. The van der Waals surface area contributed by atoms with Crippen LogP contribution in [0.15, 0.2) is 35.3 Å². The number of pyridine rings is 1. The summed E-state index contributed by atoms with van der Waals surface area (Å²) >= 11 is 5.92. The number of halogens is 1. The van der Waals surface area contributed by atoms with Crippen LogP contribution in [0.4, 0.5) is 5.69 Å². The number of hydrogen-bond donors (Lipinski definition) is 1. The molecule has 9 heteroatoms. The highest BCUT2D eigenvalue weighted by Gasteiger charge is 2.17. The lowest BCUT2D eigenvalue weighted by Gasteiger charge is -2.20. The van der Waals surface area contributed by atoms with Crippen molar-refractivity contribution in [1.82, 2.24) is 24.5 Å². The minimum absolute atomic E-state index is 0.181. The first-order valence-corrected chi connectivity index (χ1v) is 10.2. The molecule has 3 heterocycles. The third kappa shape index (κ3) is 5.18. The molecule has 2 atom stereocenters. The molecular formula is C21H27ClN6O2. The standard InChI is InChI=1S/C21H27ClN6O2/c1-13(15(3)18-7-6-16(22)10-23-18)12-30-20-9-19(21(29)28(5)26-20)24-11-17-8-14(2)25-27(17)4/h6-10,13,15,24H,11-12H2,1-5H3/t13?,15-/m0/s1. The smallest absolute Gasteiger partial charge is 0.290 e. The zero-order valence-electron chi connectivity index (χ0n) is 17.9. The molecule has 0 saturated heterocycles. The van der Waals surface area contributed by atoms with Crippen LogP contribution in [0.5, 0.6) is 5.88 Å². The molecule has 0 radical (unpaired) electrons. The van der Waals surface area contributed by atoms with Crippen molar-refractivity contribution in [2.24, 2.45) is 20.0 Å². The summed E-state index contributed by atoms with van der Waals surface area (Å²) < 4.78 is 8.98. The number of aryl methyl sites for hydroxylation is 3. The molecule has 3 aromatic rings. The van der Waals surface area contributed by atoms with E-state index in [4.69, 9.17) is 16.3 Å². The SMILES string of the molecule is Cc1cc(CNc2cc(OCC(C)[C@H](C)c3ccc(Cl)cn3)nn(C)c2=O)n(C)n1. The zero-order valence-corrected chi connectivity index (χ0v) is 18.6. The third-order valence-electron chi connectivity index (χ3n) is 5.16. The van der Waals surface area contributed by atoms with Crippen LogP contribution in [-0.4, -0.2) is 31.2 Å². The molecule has 0 amide bonds. The Kier molecular flexibility index (Phi) is 6.77. The Morgan fingerprint density at radius 1 is 1.17 bits per heavy atom. The molecule has 0 bridgehead atoms. The van der Waals surface area contributed by atoms with Gasteiger partial charge in [0.05, 0.1) is 29.6 Å². The summed E-state index contributed by atoms with van der Waals surface area (Å²) in [5, 5.41) is 12.3. The topological polar surface area (TPSA) is 86.9 Å². The molecule has 0 spiro atoms. The molecule has 0 aliphatic carbocycles. The van der Waals surface area contributed by atoms with E-state index in [2.05, 4.69) is 34.3 Å². The number of ether oxygens (including phenoxy) is 1. The van der Waals surface area contributed by atoms with Gasteiger partial charge in [-0.25, -0.2) is 4.68 Å². The van der Waals surface area contributed by atoms with Crippen molar-refractivity contribution in [3.05, 3.63) is 62.9 Å². The highest BCUT2D eigenvalue weighted by molar-refractivity contribution is 6.30. The van der Waals surface area contributed by atoms with Crippen molar-refractivity contribution >= 4 is 17.3 Å². The summed E-state index contributed by atoms with van der Waals surface area (Å²) in [5.41, 5.74) is 3.08. The number of nitrogens with zero attached hydrogens (tertiary/aromatic N) is 5. The van der Waals surface area contributed by atoms with E-state index in [-0.39, 0.29) is 17.4 Å². The van der Waals surface area contributed by atoms with Crippen LogP contribution in [0.25, 0.3) is 0 Å². The van der Waals surface area contributed by atoms with Crippen molar-refractivity contribution in [3.63, 3.8) is 0 Å². The first-order chi connectivity index (χ1) is 14.2. The minimum Gasteiger partial charge on any atom is -0.476 e. The highest BCUT2D eigenvalue weighted by Crippen LogP contribution is 2.24. The van der Waals surface area contributed by atoms with Gasteiger partial charge < -0.3 is 10.1 Å². The molecule has 30 heavy (non-hydrogen) atoms. The normalized spacial score (nSPS) is 13.1. The van der Waals surface area contributed by atoms with Crippen molar-refractivity contribution in [3.8, 4) is 5.88 Å². The lowest BCUT2D eigenvalue weighted by molar-refractivity contribution is 0.228. The quantitative estimate of drug-likeness (QED) is 0.590. The molecule has 160 valence electrons. The first kappa shape index (κ1) is 21.8. The van der Waals surface area contributed by atoms with Crippen molar-refractivity contribution in [1.29, 1.82) is 0 Å². The van der Waals surface area contributed by atoms with E-state index in [1.807, 2.05) is 32.2 Å². The van der Waals surface area contributed by atoms with Crippen LogP contribution in [0.3, 0.4) is 0 Å². The monoisotopic (exact) mass is 430 g/mol. The summed E-state index contributed by atoms with van der Waals surface area (Å²) in [6.45, 7) is 7.04. The number of nitrogens with one attached hydrogen (secondary N) is 1. The fraction of sp³-hybridized carbons (Fsp3) is 0.429. The Bertz CT molecular complexity index is 1060. The van der Waals surface area contributed by atoms with E-state index in [1.54, 1.807) is 24.0 Å². The van der Waals surface area contributed by atoms with Gasteiger partial charge in [0.1, 0.15) is 5.69 Å². The average Bonchev–Trinajstić information content (AvgIpc) is 3.04. The van der Waals surface area contributed by atoms with E-state index in [9.17, 15) is 4.79 Å². The molecule has 1 N–H and O–H groups in total. The van der Waals surface area contributed by atoms with E-state index in [0.29, 0.717) is 29.7 Å². The Morgan fingerprint density at radius 3 is 2.57 bits per heavy atom.